The van der Waals surface area contributed by atoms with E-state index in [9.17, 15) is 4.79 Å². The number of rotatable bonds is 5. The summed E-state index contributed by atoms with van der Waals surface area (Å²) in [6, 6.07) is 19.0. The molecule has 0 spiro atoms. The number of likely N-dealkylation sites (tertiary alicyclic amines) is 1. The van der Waals surface area contributed by atoms with E-state index in [1.54, 1.807) is 6.08 Å². The second kappa shape index (κ2) is 8.63. The number of hydrogen-bond donors (Lipinski definition) is 1. The predicted molar refractivity (Wildman–Crippen MR) is 103 cm³/mol. The summed E-state index contributed by atoms with van der Waals surface area (Å²) in [5.41, 5.74) is 3.62. The molecule has 3 heteroatoms. The molecule has 0 unspecified atom stereocenters. The van der Waals surface area contributed by atoms with E-state index in [0.29, 0.717) is 0 Å². The normalized spacial score (nSPS) is 16.2. The quantitative estimate of drug-likeness (QED) is 0.844. The minimum Gasteiger partial charge on any atom is -0.350 e. The van der Waals surface area contributed by atoms with Gasteiger partial charge in [-0.3, -0.25) is 9.69 Å². The van der Waals surface area contributed by atoms with Crippen LogP contribution in [-0.2, 0) is 11.3 Å². The van der Waals surface area contributed by atoms with E-state index in [1.165, 1.54) is 11.1 Å². The van der Waals surface area contributed by atoms with Gasteiger partial charge in [-0.2, -0.15) is 0 Å². The summed E-state index contributed by atoms with van der Waals surface area (Å²) < 4.78 is 0. The summed E-state index contributed by atoms with van der Waals surface area (Å²) in [6.45, 7) is 5.11. The number of aryl methyl sites for hydroxylation is 1. The first kappa shape index (κ1) is 17.4. The molecule has 1 N–H and O–H groups in total. The van der Waals surface area contributed by atoms with Crippen molar-refractivity contribution in [3.05, 3.63) is 77.4 Å². The second-order valence-corrected chi connectivity index (χ2v) is 6.79. The third-order valence-corrected chi connectivity index (χ3v) is 4.65. The fraction of sp³-hybridized carbons (Fsp3) is 0.318. The lowest BCUT2D eigenvalue weighted by atomic mass is 10.0. The van der Waals surface area contributed by atoms with Crippen molar-refractivity contribution in [2.45, 2.75) is 32.4 Å². The molecular formula is C22H26N2O. The highest BCUT2D eigenvalue weighted by Crippen LogP contribution is 2.14. The third-order valence-electron chi connectivity index (χ3n) is 4.65. The second-order valence-electron chi connectivity index (χ2n) is 6.79. The minimum absolute atomic E-state index is 0.00279. The number of nitrogens with zero attached hydrogens (tertiary/aromatic N) is 1. The molecule has 0 saturated carbocycles. The van der Waals surface area contributed by atoms with Gasteiger partial charge in [0, 0.05) is 31.8 Å². The van der Waals surface area contributed by atoms with Crippen molar-refractivity contribution < 1.29 is 4.79 Å². The lowest BCUT2D eigenvalue weighted by Gasteiger charge is -2.32. The van der Waals surface area contributed by atoms with Crippen molar-refractivity contribution in [3.63, 3.8) is 0 Å². The Labute approximate surface area is 150 Å². The number of hydrogen-bond acceptors (Lipinski definition) is 2. The van der Waals surface area contributed by atoms with Crippen LogP contribution >= 0.6 is 0 Å². The third kappa shape index (κ3) is 5.57. The largest absolute Gasteiger partial charge is 0.350 e. The number of carbonyl (C=O) groups is 1. The molecular weight excluding hydrogens is 308 g/mol. The zero-order valence-electron chi connectivity index (χ0n) is 14.8. The molecule has 0 aromatic heterocycles. The van der Waals surface area contributed by atoms with Gasteiger partial charge >= 0.3 is 0 Å². The minimum atomic E-state index is 0.00279. The Morgan fingerprint density at radius 2 is 1.88 bits per heavy atom. The van der Waals surface area contributed by atoms with Crippen LogP contribution in [0.5, 0.6) is 0 Å². The van der Waals surface area contributed by atoms with Crippen LogP contribution in [0.1, 0.15) is 29.5 Å². The van der Waals surface area contributed by atoms with Crippen molar-refractivity contribution >= 4 is 12.0 Å². The molecule has 1 saturated heterocycles. The summed E-state index contributed by atoms with van der Waals surface area (Å²) in [5.74, 6) is 0.00279. The highest BCUT2D eigenvalue weighted by Gasteiger charge is 2.19. The summed E-state index contributed by atoms with van der Waals surface area (Å²) in [6.07, 6.45) is 5.55. The van der Waals surface area contributed by atoms with Crippen molar-refractivity contribution in [3.8, 4) is 0 Å². The molecule has 1 heterocycles. The fourth-order valence-electron chi connectivity index (χ4n) is 3.27. The van der Waals surface area contributed by atoms with Gasteiger partial charge in [-0.15, -0.1) is 0 Å². The predicted octanol–water partition coefficient (Wildman–Crippen LogP) is 3.79. The van der Waals surface area contributed by atoms with Crippen LogP contribution in [-0.4, -0.2) is 29.9 Å². The van der Waals surface area contributed by atoms with E-state index in [1.807, 2.05) is 18.2 Å². The van der Waals surface area contributed by atoms with Gasteiger partial charge < -0.3 is 5.32 Å². The smallest absolute Gasteiger partial charge is 0.244 e. The summed E-state index contributed by atoms with van der Waals surface area (Å²) in [4.78, 5) is 14.6. The Balaban J connectivity index is 1.43. The average Bonchev–Trinajstić information content (AvgIpc) is 2.63. The van der Waals surface area contributed by atoms with E-state index in [2.05, 4.69) is 59.6 Å². The lowest BCUT2D eigenvalue weighted by Crippen LogP contribution is -2.43. The van der Waals surface area contributed by atoms with Crippen LogP contribution in [0.4, 0.5) is 0 Å². The first-order chi connectivity index (χ1) is 12.2. The molecule has 1 aliphatic rings. The van der Waals surface area contributed by atoms with Crippen LogP contribution in [0.25, 0.3) is 6.08 Å². The fourth-order valence-corrected chi connectivity index (χ4v) is 3.27. The monoisotopic (exact) mass is 334 g/mol. The maximum absolute atomic E-state index is 12.1. The summed E-state index contributed by atoms with van der Waals surface area (Å²) in [5, 5.41) is 3.14. The van der Waals surface area contributed by atoms with Gasteiger partial charge in [-0.05, 0) is 37.0 Å². The molecule has 2 aromatic rings. The van der Waals surface area contributed by atoms with Crippen molar-refractivity contribution in [2.24, 2.45) is 0 Å². The van der Waals surface area contributed by atoms with Gasteiger partial charge in [0.25, 0.3) is 0 Å². The summed E-state index contributed by atoms with van der Waals surface area (Å²) in [7, 11) is 0. The van der Waals surface area contributed by atoms with Crippen LogP contribution in [0, 0.1) is 6.92 Å². The molecule has 25 heavy (non-hydrogen) atoms. The maximum Gasteiger partial charge on any atom is 0.244 e. The van der Waals surface area contributed by atoms with E-state index >= 15 is 0 Å². The Hall–Kier alpha value is -2.39. The van der Waals surface area contributed by atoms with E-state index in [-0.39, 0.29) is 11.9 Å². The van der Waals surface area contributed by atoms with Gasteiger partial charge in [0.05, 0.1) is 0 Å². The summed E-state index contributed by atoms with van der Waals surface area (Å²) >= 11 is 0. The zero-order chi connectivity index (χ0) is 17.5. The molecule has 2 aromatic carbocycles. The van der Waals surface area contributed by atoms with Gasteiger partial charge in [-0.1, -0.05) is 60.2 Å². The Morgan fingerprint density at radius 1 is 1.12 bits per heavy atom. The number of amides is 1. The molecule has 0 aliphatic carbocycles. The van der Waals surface area contributed by atoms with Gasteiger partial charge in [0.1, 0.15) is 0 Å². The molecule has 3 nitrogen and oxygen atoms in total. The maximum atomic E-state index is 12.1. The lowest BCUT2D eigenvalue weighted by molar-refractivity contribution is -0.117. The average molecular weight is 334 g/mol. The van der Waals surface area contributed by atoms with Gasteiger partial charge in [-0.25, -0.2) is 0 Å². The highest BCUT2D eigenvalue weighted by molar-refractivity contribution is 5.91. The first-order valence-corrected chi connectivity index (χ1v) is 9.00. The van der Waals surface area contributed by atoms with E-state index < -0.39 is 0 Å². The van der Waals surface area contributed by atoms with Crippen LogP contribution in [0.15, 0.2) is 60.7 Å². The topological polar surface area (TPSA) is 32.3 Å². The van der Waals surface area contributed by atoms with E-state index in [0.717, 1.165) is 38.0 Å². The van der Waals surface area contributed by atoms with Gasteiger partial charge in [0.15, 0.2) is 0 Å². The van der Waals surface area contributed by atoms with E-state index in [4.69, 9.17) is 0 Å². The van der Waals surface area contributed by atoms with Crippen LogP contribution < -0.4 is 5.32 Å². The van der Waals surface area contributed by atoms with Crippen LogP contribution in [0.2, 0.25) is 0 Å². The first-order valence-electron chi connectivity index (χ1n) is 9.00. The molecule has 0 radical (unpaired) electrons. The number of benzene rings is 2. The van der Waals surface area contributed by atoms with Crippen molar-refractivity contribution in [2.75, 3.05) is 13.1 Å². The number of carbonyl (C=O) groups excluding carboxylic acids is 1. The molecule has 1 fully saturated rings. The standard InChI is InChI=1S/C22H26N2O/c1-18-6-5-9-19(16-18)10-11-22(25)23-21-12-14-24(15-13-21)17-20-7-3-2-4-8-20/h2-11,16,21H,12-15,17H2,1H3,(H,23,25). The van der Waals surface area contributed by atoms with Crippen LogP contribution in [0.3, 0.4) is 0 Å². The molecule has 3 rings (SSSR count). The number of piperidine rings is 1. The SMILES string of the molecule is Cc1cccc(C=CC(=O)NC2CCN(Cc3ccccc3)CC2)c1. The molecule has 0 bridgehead atoms. The Kier molecular flexibility index (Phi) is 6.02. The Morgan fingerprint density at radius 3 is 2.60 bits per heavy atom. The van der Waals surface area contributed by atoms with Crippen molar-refractivity contribution in [1.82, 2.24) is 10.2 Å². The molecule has 1 amide bonds. The molecule has 0 atom stereocenters. The molecule has 1 aliphatic heterocycles. The highest BCUT2D eigenvalue weighted by atomic mass is 16.1. The number of nitrogens with one attached hydrogen (secondary N) is 1. The van der Waals surface area contributed by atoms with Gasteiger partial charge in [0.2, 0.25) is 5.91 Å². The zero-order valence-corrected chi connectivity index (χ0v) is 14.8. The Bertz CT molecular complexity index is 716. The molecule has 130 valence electrons. The van der Waals surface area contributed by atoms with Crippen molar-refractivity contribution in [1.29, 1.82) is 0 Å².